The molecule has 1 aromatic heterocycles. The maximum absolute atomic E-state index is 14.9. The predicted molar refractivity (Wildman–Crippen MR) is 124 cm³/mol. The molecule has 1 aliphatic heterocycles. The van der Waals surface area contributed by atoms with Crippen molar-refractivity contribution in [3.8, 4) is 11.1 Å². The molecule has 0 radical (unpaired) electrons. The van der Waals surface area contributed by atoms with Crippen molar-refractivity contribution >= 4 is 12.0 Å². The van der Waals surface area contributed by atoms with E-state index >= 15 is 0 Å². The van der Waals surface area contributed by atoms with Gasteiger partial charge in [-0.3, -0.25) is 9.69 Å². The molecule has 8 nitrogen and oxygen atoms in total. The SMILES string of the molecule is Cc1noc(C)c1-c1ccc(CC(N)NC(=O)C2C3CCC(C3)N2C(=O)OC(C)(C)C)c(F)c1. The first-order valence-electron chi connectivity index (χ1n) is 11.7. The number of nitrogens with two attached hydrogens (primary N) is 1. The second kappa shape index (κ2) is 9.02. The normalized spacial score (nSPS) is 22.7. The number of nitrogens with one attached hydrogen (secondary N) is 1. The number of hydrogen-bond donors (Lipinski definition) is 2. The summed E-state index contributed by atoms with van der Waals surface area (Å²) < 4.78 is 25.6. The molecule has 2 fully saturated rings. The highest BCUT2D eigenvalue weighted by molar-refractivity contribution is 5.87. The lowest BCUT2D eigenvalue weighted by Crippen LogP contribution is -2.57. The molecule has 2 amide bonds. The van der Waals surface area contributed by atoms with Crippen LogP contribution in [0.15, 0.2) is 22.7 Å². The lowest BCUT2D eigenvalue weighted by atomic mass is 9.97. The van der Waals surface area contributed by atoms with E-state index in [1.807, 2.05) is 0 Å². The number of carbonyl (C=O) groups is 2. The van der Waals surface area contributed by atoms with Crippen molar-refractivity contribution in [2.24, 2.45) is 11.7 Å². The lowest BCUT2D eigenvalue weighted by Gasteiger charge is -2.36. The van der Waals surface area contributed by atoms with Crippen LogP contribution in [0.3, 0.4) is 0 Å². The molecule has 9 heteroatoms. The minimum absolute atomic E-state index is 0.00105. The largest absolute Gasteiger partial charge is 0.444 e. The van der Waals surface area contributed by atoms with Gasteiger partial charge in [-0.2, -0.15) is 0 Å². The summed E-state index contributed by atoms with van der Waals surface area (Å²) in [6.45, 7) is 8.99. The van der Waals surface area contributed by atoms with Gasteiger partial charge in [-0.15, -0.1) is 0 Å². The highest BCUT2D eigenvalue weighted by Crippen LogP contribution is 2.43. The fourth-order valence-corrected chi connectivity index (χ4v) is 5.22. The van der Waals surface area contributed by atoms with Crippen LogP contribution in [0.5, 0.6) is 0 Å². The Morgan fingerprint density at radius 3 is 2.68 bits per heavy atom. The van der Waals surface area contributed by atoms with Crippen LogP contribution < -0.4 is 11.1 Å². The van der Waals surface area contributed by atoms with Gasteiger partial charge in [-0.1, -0.05) is 17.3 Å². The van der Waals surface area contributed by atoms with E-state index in [1.54, 1.807) is 51.7 Å². The van der Waals surface area contributed by atoms with Crippen LogP contribution in [0.1, 0.15) is 57.1 Å². The molecule has 2 aromatic rings. The number of amides is 2. The standard InChI is InChI=1S/C25H33FN4O4/c1-13-21(14(2)34-29-13)16-7-6-15(19(26)11-16)12-20(27)28-23(31)22-17-8-9-18(10-17)30(22)24(32)33-25(3,4)5/h6-7,11,17-18,20,22H,8-10,12,27H2,1-5H3,(H,28,31). The number of halogens is 1. The predicted octanol–water partition coefficient (Wildman–Crippen LogP) is 3.83. The van der Waals surface area contributed by atoms with Crippen molar-refractivity contribution in [2.75, 3.05) is 0 Å². The molecule has 184 valence electrons. The maximum Gasteiger partial charge on any atom is 0.411 e. The van der Waals surface area contributed by atoms with Gasteiger partial charge in [-0.05, 0) is 77.0 Å². The van der Waals surface area contributed by atoms with Gasteiger partial charge in [0, 0.05) is 18.0 Å². The number of carbonyl (C=O) groups excluding carboxylic acids is 2. The van der Waals surface area contributed by atoms with E-state index in [-0.39, 0.29) is 24.3 Å². The highest BCUT2D eigenvalue weighted by atomic mass is 19.1. The molecular formula is C25H33FN4O4. The number of ether oxygens (including phenoxy) is 1. The van der Waals surface area contributed by atoms with Crippen molar-refractivity contribution in [1.29, 1.82) is 0 Å². The van der Waals surface area contributed by atoms with Crippen molar-refractivity contribution in [2.45, 2.75) is 84.2 Å². The topological polar surface area (TPSA) is 111 Å². The summed E-state index contributed by atoms with van der Waals surface area (Å²) in [6.07, 6.45) is 1.37. The molecular weight excluding hydrogens is 439 g/mol. The fraction of sp³-hybridized carbons (Fsp3) is 0.560. The quantitative estimate of drug-likeness (QED) is 0.640. The number of fused-ring (bicyclic) bond motifs is 2. The number of benzene rings is 1. The van der Waals surface area contributed by atoms with Crippen LogP contribution in [-0.4, -0.2) is 45.9 Å². The molecule has 3 N–H and O–H groups in total. The van der Waals surface area contributed by atoms with E-state index < -0.39 is 29.7 Å². The summed E-state index contributed by atoms with van der Waals surface area (Å²) in [5, 5.41) is 6.70. The zero-order valence-electron chi connectivity index (χ0n) is 20.4. The summed E-state index contributed by atoms with van der Waals surface area (Å²) in [4.78, 5) is 27.5. The molecule has 2 aliphatic rings. The summed E-state index contributed by atoms with van der Waals surface area (Å²) in [7, 11) is 0. The average molecular weight is 473 g/mol. The third-order valence-corrected chi connectivity index (χ3v) is 6.60. The maximum atomic E-state index is 14.9. The molecule has 1 saturated heterocycles. The monoisotopic (exact) mass is 472 g/mol. The van der Waals surface area contributed by atoms with Gasteiger partial charge in [0.25, 0.3) is 0 Å². The van der Waals surface area contributed by atoms with E-state index in [1.165, 1.54) is 6.07 Å². The number of rotatable bonds is 5. The second-order valence-corrected chi connectivity index (χ2v) is 10.4. The van der Waals surface area contributed by atoms with Gasteiger partial charge >= 0.3 is 6.09 Å². The van der Waals surface area contributed by atoms with E-state index in [0.29, 0.717) is 22.6 Å². The van der Waals surface area contributed by atoms with E-state index in [4.69, 9.17) is 15.0 Å². The Hall–Kier alpha value is -2.94. The molecule has 34 heavy (non-hydrogen) atoms. The molecule has 2 heterocycles. The third kappa shape index (κ3) is 4.80. The Balaban J connectivity index is 1.43. The van der Waals surface area contributed by atoms with Gasteiger partial charge in [0.05, 0.1) is 11.9 Å². The number of nitrogens with zero attached hydrogens (tertiary/aromatic N) is 2. The summed E-state index contributed by atoms with van der Waals surface area (Å²) in [5.41, 5.74) is 8.05. The molecule has 4 atom stereocenters. The number of likely N-dealkylation sites (tertiary alicyclic amines) is 1. The van der Waals surface area contributed by atoms with E-state index in [9.17, 15) is 14.0 Å². The van der Waals surface area contributed by atoms with Gasteiger partial charge in [-0.25, -0.2) is 9.18 Å². The molecule has 4 unspecified atom stereocenters. The Kier molecular flexibility index (Phi) is 6.42. The molecule has 1 saturated carbocycles. The molecule has 4 rings (SSSR count). The zero-order chi connectivity index (χ0) is 24.8. The van der Waals surface area contributed by atoms with Crippen molar-refractivity contribution in [3.63, 3.8) is 0 Å². The Morgan fingerprint density at radius 2 is 2.06 bits per heavy atom. The average Bonchev–Trinajstić information content (AvgIpc) is 3.43. The van der Waals surface area contributed by atoms with E-state index in [0.717, 1.165) is 24.8 Å². The summed E-state index contributed by atoms with van der Waals surface area (Å²) in [5.74, 6) is -0.0411. The Morgan fingerprint density at radius 1 is 1.32 bits per heavy atom. The number of aromatic nitrogens is 1. The van der Waals surface area contributed by atoms with Crippen LogP contribution in [0.4, 0.5) is 9.18 Å². The molecule has 1 aromatic carbocycles. The lowest BCUT2D eigenvalue weighted by molar-refractivity contribution is -0.128. The van der Waals surface area contributed by atoms with Crippen molar-refractivity contribution in [1.82, 2.24) is 15.4 Å². The second-order valence-electron chi connectivity index (χ2n) is 10.4. The first-order valence-corrected chi connectivity index (χ1v) is 11.7. The molecule has 1 aliphatic carbocycles. The van der Waals surface area contributed by atoms with Crippen LogP contribution in [0.25, 0.3) is 11.1 Å². The highest BCUT2D eigenvalue weighted by Gasteiger charge is 2.52. The van der Waals surface area contributed by atoms with Crippen LogP contribution in [0, 0.1) is 25.6 Å². The first-order chi connectivity index (χ1) is 15.9. The Labute approximate surface area is 199 Å². The Bertz CT molecular complexity index is 1070. The summed E-state index contributed by atoms with van der Waals surface area (Å²) in [6, 6.07) is 4.26. The van der Waals surface area contributed by atoms with Crippen LogP contribution in [-0.2, 0) is 16.0 Å². The zero-order valence-corrected chi connectivity index (χ0v) is 20.4. The van der Waals surface area contributed by atoms with Crippen LogP contribution >= 0.6 is 0 Å². The fourth-order valence-electron chi connectivity index (χ4n) is 5.22. The molecule has 0 spiro atoms. The van der Waals surface area contributed by atoms with Crippen molar-refractivity contribution in [3.05, 3.63) is 41.0 Å². The number of aryl methyl sites for hydroxylation is 2. The van der Waals surface area contributed by atoms with Gasteiger partial charge in [0.2, 0.25) is 5.91 Å². The van der Waals surface area contributed by atoms with Gasteiger partial charge in [0.15, 0.2) is 0 Å². The minimum atomic E-state index is -0.800. The smallest absolute Gasteiger partial charge is 0.411 e. The minimum Gasteiger partial charge on any atom is -0.444 e. The molecule has 2 bridgehead atoms. The first kappa shape index (κ1) is 24.2. The number of piperidine rings is 1. The van der Waals surface area contributed by atoms with E-state index in [2.05, 4.69) is 10.5 Å². The van der Waals surface area contributed by atoms with Gasteiger partial charge in [0.1, 0.15) is 23.2 Å². The summed E-state index contributed by atoms with van der Waals surface area (Å²) >= 11 is 0. The van der Waals surface area contributed by atoms with Gasteiger partial charge < -0.3 is 20.3 Å². The van der Waals surface area contributed by atoms with Crippen LogP contribution in [0.2, 0.25) is 0 Å². The van der Waals surface area contributed by atoms with Crippen molar-refractivity contribution < 1.29 is 23.2 Å². The third-order valence-electron chi connectivity index (χ3n) is 6.60. The number of hydrogen-bond acceptors (Lipinski definition) is 6.